The van der Waals surface area contributed by atoms with Gasteiger partial charge in [-0.3, -0.25) is 29.5 Å². The van der Waals surface area contributed by atoms with E-state index in [1.165, 1.54) is 0 Å². The van der Waals surface area contributed by atoms with Crippen LogP contribution in [0.1, 0.15) is 65.6 Å². The SMILES string of the molecule is CC[C@H](C)[C@H](NC(=O)[C@@H](NC(=O)[C@H](CC(C)C)NC(=O)OCc1ccccc1)C(C)C)C(=O)NC(=O)Cc1ccccn1. The lowest BCUT2D eigenvalue weighted by Gasteiger charge is -2.29. The fourth-order valence-electron chi connectivity index (χ4n) is 4.27. The van der Waals surface area contributed by atoms with Crippen LogP contribution in [0.4, 0.5) is 4.79 Å². The standard InChI is InChI=1S/C32H45N5O6/c1-7-22(6)28(31(41)35-26(38)18-24-15-11-12-16-33-24)37-30(40)27(21(4)5)36-29(39)25(17-20(2)3)34-32(42)43-19-23-13-9-8-10-14-23/h8-16,20-22,25,27-28H,7,17-19H2,1-6H3,(H,34,42)(H,36,39)(H,37,40)(H,35,38,41)/t22-,25-,27-,28-/m0/s1. The summed E-state index contributed by atoms with van der Waals surface area (Å²) in [5.41, 5.74) is 1.31. The first kappa shape index (κ1) is 34.9. The van der Waals surface area contributed by atoms with Crippen LogP contribution in [0.5, 0.6) is 0 Å². The van der Waals surface area contributed by atoms with Gasteiger partial charge in [0.2, 0.25) is 23.6 Å². The van der Waals surface area contributed by atoms with Crippen LogP contribution in [0.25, 0.3) is 0 Å². The zero-order chi connectivity index (χ0) is 31.9. The highest BCUT2D eigenvalue weighted by molar-refractivity contribution is 6.00. The van der Waals surface area contributed by atoms with Crippen molar-refractivity contribution in [2.24, 2.45) is 17.8 Å². The molecule has 0 aliphatic carbocycles. The van der Waals surface area contributed by atoms with Crippen LogP contribution in [0.3, 0.4) is 0 Å². The number of nitrogens with one attached hydrogen (secondary N) is 4. The van der Waals surface area contributed by atoms with Gasteiger partial charge in [-0.05, 0) is 41.9 Å². The van der Waals surface area contributed by atoms with E-state index in [4.69, 9.17) is 4.74 Å². The summed E-state index contributed by atoms with van der Waals surface area (Å²) in [6, 6.07) is 11.3. The predicted octanol–water partition coefficient (Wildman–Crippen LogP) is 3.28. The molecule has 5 amide bonds. The highest BCUT2D eigenvalue weighted by atomic mass is 16.5. The van der Waals surface area contributed by atoms with Crippen molar-refractivity contribution in [3.8, 4) is 0 Å². The van der Waals surface area contributed by atoms with E-state index >= 15 is 0 Å². The van der Waals surface area contributed by atoms with E-state index in [1.54, 1.807) is 45.2 Å². The smallest absolute Gasteiger partial charge is 0.408 e. The molecule has 2 aromatic rings. The minimum Gasteiger partial charge on any atom is -0.445 e. The summed E-state index contributed by atoms with van der Waals surface area (Å²) in [7, 11) is 0. The van der Waals surface area contributed by atoms with Gasteiger partial charge in [0.15, 0.2) is 0 Å². The van der Waals surface area contributed by atoms with Crippen molar-refractivity contribution < 1.29 is 28.7 Å². The lowest BCUT2D eigenvalue weighted by atomic mass is 9.96. The molecule has 1 aromatic carbocycles. The number of imide groups is 1. The molecule has 0 radical (unpaired) electrons. The Balaban J connectivity index is 2.08. The fraction of sp³-hybridized carbons (Fsp3) is 0.500. The molecule has 11 heteroatoms. The maximum atomic E-state index is 13.4. The van der Waals surface area contributed by atoms with Gasteiger partial charge in [0, 0.05) is 11.9 Å². The number of carbonyl (C=O) groups excluding carboxylic acids is 5. The quantitative estimate of drug-likeness (QED) is 0.246. The van der Waals surface area contributed by atoms with Gasteiger partial charge >= 0.3 is 6.09 Å². The molecule has 1 aromatic heterocycles. The van der Waals surface area contributed by atoms with Gasteiger partial charge in [-0.2, -0.15) is 0 Å². The molecule has 4 N–H and O–H groups in total. The lowest BCUT2D eigenvalue weighted by molar-refractivity contribution is -0.136. The molecular weight excluding hydrogens is 550 g/mol. The van der Waals surface area contributed by atoms with Crippen molar-refractivity contribution in [3.63, 3.8) is 0 Å². The van der Waals surface area contributed by atoms with E-state index in [0.717, 1.165) is 5.56 Å². The normalized spacial score (nSPS) is 13.8. The third-order valence-corrected chi connectivity index (χ3v) is 6.90. The van der Waals surface area contributed by atoms with Crippen LogP contribution in [-0.2, 0) is 36.9 Å². The van der Waals surface area contributed by atoms with Gasteiger partial charge in [0.1, 0.15) is 24.7 Å². The number of pyridine rings is 1. The Labute approximate surface area is 253 Å². The van der Waals surface area contributed by atoms with Crippen molar-refractivity contribution >= 4 is 29.7 Å². The van der Waals surface area contributed by atoms with Crippen LogP contribution in [0, 0.1) is 17.8 Å². The number of benzene rings is 1. The summed E-state index contributed by atoms with van der Waals surface area (Å²) in [5.74, 6) is -2.89. The van der Waals surface area contributed by atoms with Crippen LogP contribution < -0.4 is 21.3 Å². The molecule has 0 aliphatic heterocycles. The Kier molecular flexibility index (Phi) is 14.3. The van der Waals surface area contributed by atoms with Crippen molar-refractivity contribution in [1.29, 1.82) is 0 Å². The van der Waals surface area contributed by atoms with Gasteiger partial charge in [-0.25, -0.2) is 4.79 Å². The summed E-state index contributed by atoms with van der Waals surface area (Å²) >= 11 is 0. The van der Waals surface area contributed by atoms with E-state index in [2.05, 4.69) is 26.3 Å². The number of alkyl carbamates (subject to hydrolysis) is 1. The number of hydrogen-bond acceptors (Lipinski definition) is 7. The number of rotatable bonds is 15. The van der Waals surface area contributed by atoms with E-state index in [1.807, 2.05) is 51.1 Å². The first-order valence-electron chi connectivity index (χ1n) is 14.7. The molecule has 43 heavy (non-hydrogen) atoms. The molecule has 0 saturated heterocycles. The van der Waals surface area contributed by atoms with Crippen molar-refractivity contribution in [2.45, 2.75) is 85.5 Å². The minimum atomic E-state index is -1.01. The molecule has 0 saturated carbocycles. The number of ether oxygens (including phenoxy) is 1. The summed E-state index contributed by atoms with van der Waals surface area (Å²) in [6.07, 6.45) is 1.59. The van der Waals surface area contributed by atoms with Crippen molar-refractivity contribution in [1.82, 2.24) is 26.3 Å². The summed E-state index contributed by atoms with van der Waals surface area (Å²) in [5, 5.41) is 10.5. The first-order valence-corrected chi connectivity index (χ1v) is 14.7. The summed E-state index contributed by atoms with van der Waals surface area (Å²) in [6.45, 7) is 11.1. The molecule has 0 bridgehead atoms. The molecule has 0 aliphatic rings. The van der Waals surface area contributed by atoms with Gasteiger partial charge in [-0.1, -0.05) is 84.4 Å². The number of nitrogens with zero attached hydrogens (tertiary/aromatic N) is 1. The summed E-state index contributed by atoms with van der Waals surface area (Å²) in [4.78, 5) is 69.0. The molecule has 4 atom stereocenters. The maximum absolute atomic E-state index is 13.4. The Hall–Kier alpha value is -4.28. The second-order valence-corrected chi connectivity index (χ2v) is 11.4. The molecule has 0 fully saturated rings. The second-order valence-electron chi connectivity index (χ2n) is 11.4. The Bertz CT molecular complexity index is 1210. The molecule has 2 rings (SSSR count). The fourth-order valence-corrected chi connectivity index (χ4v) is 4.27. The van der Waals surface area contributed by atoms with Crippen LogP contribution >= 0.6 is 0 Å². The third kappa shape index (κ3) is 12.2. The molecular formula is C32H45N5O6. The summed E-state index contributed by atoms with van der Waals surface area (Å²) < 4.78 is 5.29. The predicted molar refractivity (Wildman–Crippen MR) is 162 cm³/mol. The maximum Gasteiger partial charge on any atom is 0.408 e. The van der Waals surface area contributed by atoms with E-state index in [0.29, 0.717) is 18.5 Å². The largest absolute Gasteiger partial charge is 0.445 e. The van der Waals surface area contributed by atoms with E-state index < -0.39 is 47.8 Å². The van der Waals surface area contributed by atoms with Gasteiger partial charge < -0.3 is 20.7 Å². The van der Waals surface area contributed by atoms with Crippen molar-refractivity contribution in [3.05, 3.63) is 66.0 Å². The average Bonchev–Trinajstić information content (AvgIpc) is 2.97. The third-order valence-electron chi connectivity index (χ3n) is 6.90. The highest BCUT2D eigenvalue weighted by Crippen LogP contribution is 2.12. The Morgan fingerprint density at radius 3 is 2.02 bits per heavy atom. The van der Waals surface area contributed by atoms with Crippen LogP contribution in [0.2, 0.25) is 0 Å². The Morgan fingerprint density at radius 1 is 0.791 bits per heavy atom. The van der Waals surface area contributed by atoms with Gasteiger partial charge in [0.25, 0.3) is 0 Å². The van der Waals surface area contributed by atoms with E-state index in [-0.39, 0.29) is 30.8 Å². The van der Waals surface area contributed by atoms with Crippen LogP contribution in [0.15, 0.2) is 54.7 Å². The molecule has 11 nitrogen and oxygen atoms in total. The monoisotopic (exact) mass is 595 g/mol. The Morgan fingerprint density at radius 2 is 1.44 bits per heavy atom. The number of hydrogen-bond donors (Lipinski definition) is 4. The number of amides is 5. The molecule has 0 spiro atoms. The molecule has 1 heterocycles. The van der Waals surface area contributed by atoms with Crippen LogP contribution in [-0.4, -0.2) is 52.8 Å². The zero-order valence-corrected chi connectivity index (χ0v) is 25.9. The number of aromatic nitrogens is 1. The highest BCUT2D eigenvalue weighted by Gasteiger charge is 2.34. The average molecular weight is 596 g/mol. The topological polar surface area (TPSA) is 156 Å². The first-order chi connectivity index (χ1) is 20.4. The molecule has 0 unspecified atom stereocenters. The van der Waals surface area contributed by atoms with Gasteiger partial charge in [0.05, 0.1) is 6.42 Å². The van der Waals surface area contributed by atoms with Gasteiger partial charge in [-0.15, -0.1) is 0 Å². The zero-order valence-electron chi connectivity index (χ0n) is 25.9. The lowest BCUT2D eigenvalue weighted by Crippen LogP contribution is -2.59. The minimum absolute atomic E-state index is 0.0448. The van der Waals surface area contributed by atoms with Crippen molar-refractivity contribution in [2.75, 3.05) is 0 Å². The molecule has 234 valence electrons. The number of carbonyl (C=O) groups is 5. The van der Waals surface area contributed by atoms with E-state index in [9.17, 15) is 24.0 Å². The second kappa shape index (κ2) is 17.6.